The number of benzene rings is 1. The minimum Gasteiger partial charge on any atom is -0.312 e. The molecule has 0 fully saturated rings. The summed E-state index contributed by atoms with van der Waals surface area (Å²) in [6, 6.07) is 4.44. The minimum absolute atomic E-state index is 0.460. The minimum atomic E-state index is 0.460. The Morgan fingerprint density at radius 1 is 1.24 bits per heavy atom. The van der Waals surface area contributed by atoms with Gasteiger partial charge in [-0.3, -0.25) is 0 Å². The summed E-state index contributed by atoms with van der Waals surface area (Å²) in [6.45, 7) is 12.7. The van der Waals surface area contributed by atoms with Crippen LogP contribution in [0.25, 0.3) is 10.6 Å². The smallest absolute Gasteiger partial charge is 0.123 e. The average molecular weight is 367 g/mol. The van der Waals surface area contributed by atoms with Crippen LogP contribution in [-0.2, 0) is 6.54 Å². The van der Waals surface area contributed by atoms with E-state index in [2.05, 4.69) is 68.0 Å². The molecule has 0 saturated carbocycles. The SMILES string of the molecule is CCNCc1sc(-c2cc(C)c(Br)c(C)c2)nc1C(C)C. The first-order chi connectivity index (χ1) is 9.93. The summed E-state index contributed by atoms with van der Waals surface area (Å²) < 4.78 is 1.19. The van der Waals surface area contributed by atoms with E-state index in [9.17, 15) is 0 Å². The third-order valence-electron chi connectivity index (χ3n) is 3.49. The summed E-state index contributed by atoms with van der Waals surface area (Å²) in [5, 5.41) is 4.55. The number of aryl methyl sites for hydroxylation is 2. The molecule has 0 radical (unpaired) electrons. The summed E-state index contributed by atoms with van der Waals surface area (Å²) in [6.07, 6.45) is 0. The van der Waals surface area contributed by atoms with Crippen molar-refractivity contribution < 1.29 is 0 Å². The second-order valence-electron chi connectivity index (χ2n) is 5.69. The fourth-order valence-corrected chi connectivity index (χ4v) is 3.77. The second kappa shape index (κ2) is 7.03. The lowest BCUT2D eigenvalue weighted by atomic mass is 10.1. The molecule has 1 N–H and O–H groups in total. The third-order valence-corrected chi connectivity index (χ3v) is 5.86. The summed E-state index contributed by atoms with van der Waals surface area (Å²) in [4.78, 5) is 6.27. The van der Waals surface area contributed by atoms with Crippen LogP contribution in [0.5, 0.6) is 0 Å². The van der Waals surface area contributed by atoms with Crippen LogP contribution in [-0.4, -0.2) is 11.5 Å². The van der Waals surface area contributed by atoms with Gasteiger partial charge in [0.1, 0.15) is 5.01 Å². The van der Waals surface area contributed by atoms with Crippen molar-refractivity contribution in [1.82, 2.24) is 10.3 Å². The average Bonchev–Trinajstić information content (AvgIpc) is 2.86. The van der Waals surface area contributed by atoms with Gasteiger partial charge in [-0.25, -0.2) is 4.98 Å². The molecule has 0 aliphatic carbocycles. The lowest BCUT2D eigenvalue weighted by molar-refractivity contribution is 0.714. The van der Waals surface area contributed by atoms with E-state index in [1.54, 1.807) is 0 Å². The molecular formula is C17H23BrN2S. The van der Waals surface area contributed by atoms with Crippen molar-refractivity contribution in [3.63, 3.8) is 0 Å². The summed E-state index contributed by atoms with van der Waals surface area (Å²) in [7, 11) is 0. The van der Waals surface area contributed by atoms with Crippen LogP contribution in [0.15, 0.2) is 16.6 Å². The molecule has 0 bridgehead atoms. The monoisotopic (exact) mass is 366 g/mol. The molecule has 0 aliphatic heterocycles. The van der Waals surface area contributed by atoms with Crippen molar-refractivity contribution in [2.45, 2.75) is 47.1 Å². The molecule has 0 spiro atoms. The number of aromatic nitrogens is 1. The van der Waals surface area contributed by atoms with Gasteiger partial charge in [-0.05, 0) is 49.6 Å². The molecule has 21 heavy (non-hydrogen) atoms. The van der Waals surface area contributed by atoms with Crippen LogP contribution in [0.3, 0.4) is 0 Å². The molecule has 0 amide bonds. The van der Waals surface area contributed by atoms with E-state index in [0.29, 0.717) is 5.92 Å². The second-order valence-corrected chi connectivity index (χ2v) is 7.56. The maximum absolute atomic E-state index is 4.91. The molecule has 2 nitrogen and oxygen atoms in total. The third kappa shape index (κ3) is 3.74. The number of rotatable bonds is 5. The Balaban J connectivity index is 2.44. The fourth-order valence-electron chi connectivity index (χ4n) is 2.37. The van der Waals surface area contributed by atoms with Crippen LogP contribution < -0.4 is 5.32 Å². The zero-order valence-electron chi connectivity index (χ0n) is 13.4. The van der Waals surface area contributed by atoms with E-state index in [4.69, 9.17) is 4.98 Å². The highest BCUT2D eigenvalue weighted by Gasteiger charge is 2.16. The van der Waals surface area contributed by atoms with Crippen molar-refractivity contribution in [1.29, 1.82) is 0 Å². The van der Waals surface area contributed by atoms with Gasteiger partial charge in [0.15, 0.2) is 0 Å². The Labute approximate surface area is 140 Å². The van der Waals surface area contributed by atoms with Crippen molar-refractivity contribution in [3.8, 4) is 10.6 Å². The predicted molar refractivity (Wildman–Crippen MR) is 96.2 cm³/mol. The first-order valence-corrected chi connectivity index (χ1v) is 9.02. The maximum atomic E-state index is 4.91. The Bertz CT molecular complexity index is 609. The predicted octanol–water partition coefficient (Wildman–Crippen LogP) is 5.42. The largest absolute Gasteiger partial charge is 0.312 e. The molecule has 1 aromatic heterocycles. The highest BCUT2D eigenvalue weighted by molar-refractivity contribution is 9.10. The number of hydrogen-bond acceptors (Lipinski definition) is 3. The summed E-state index contributed by atoms with van der Waals surface area (Å²) in [5.41, 5.74) is 4.98. The molecule has 2 rings (SSSR count). The maximum Gasteiger partial charge on any atom is 0.123 e. The molecule has 4 heteroatoms. The van der Waals surface area contributed by atoms with E-state index in [0.717, 1.165) is 18.1 Å². The van der Waals surface area contributed by atoms with E-state index >= 15 is 0 Å². The fraction of sp³-hybridized carbons (Fsp3) is 0.471. The van der Waals surface area contributed by atoms with Gasteiger partial charge in [0.2, 0.25) is 0 Å². The molecule has 2 aromatic rings. The number of thiazole rings is 1. The van der Waals surface area contributed by atoms with Crippen molar-refractivity contribution >= 4 is 27.3 Å². The molecule has 1 heterocycles. The van der Waals surface area contributed by atoms with Crippen molar-refractivity contribution in [3.05, 3.63) is 38.3 Å². The van der Waals surface area contributed by atoms with Gasteiger partial charge in [-0.2, -0.15) is 0 Å². The van der Waals surface area contributed by atoms with E-state index < -0.39 is 0 Å². The molecule has 114 valence electrons. The van der Waals surface area contributed by atoms with E-state index in [1.165, 1.54) is 31.7 Å². The van der Waals surface area contributed by atoms with Gasteiger partial charge >= 0.3 is 0 Å². The molecule has 0 unspecified atom stereocenters. The molecule has 0 saturated heterocycles. The normalized spacial score (nSPS) is 11.4. The van der Waals surface area contributed by atoms with Crippen LogP contribution in [0.1, 0.15) is 48.4 Å². The first-order valence-electron chi connectivity index (χ1n) is 7.41. The summed E-state index contributed by atoms with van der Waals surface area (Å²) in [5.74, 6) is 0.460. The van der Waals surface area contributed by atoms with Gasteiger partial charge < -0.3 is 5.32 Å². The highest BCUT2D eigenvalue weighted by Crippen LogP contribution is 2.34. The number of hydrogen-bond donors (Lipinski definition) is 1. The summed E-state index contributed by atoms with van der Waals surface area (Å²) >= 11 is 5.45. The molecule has 0 aliphatic rings. The molecular weight excluding hydrogens is 344 g/mol. The topological polar surface area (TPSA) is 24.9 Å². The van der Waals surface area contributed by atoms with Gasteiger partial charge in [-0.1, -0.05) is 36.7 Å². The van der Waals surface area contributed by atoms with E-state index in [1.807, 2.05) is 11.3 Å². The zero-order chi connectivity index (χ0) is 15.6. The Hall–Kier alpha value is -0.710. The molecule has 0 atom stereocenters. The lowest BCUT2D eigenvalue weighted by Crippen LogP contribution is -2.12. The van der Waals surface area contributed by atoms with Crippen molar-refractivity contribution in [2.75, 3.05) is 6.54 Å². The van der Waals surface area contributed by atoms with Gasteiger partial charge in [0.25, 0.3) is 0 Å². The molecule has 1 aromatic carbocycles. The van der Waals surface area contributed by atoms with Gasteiger partial charge in [-0.15, -0.1) is 11.3 Å². The number of nitrogens with one attached hydrogen (secondary N) is 1. The Morgan fingerprint density at radius 3 is 2.38 bits per heavy atom. The zero-order valence-corrected chi connectivity index (χ0v) is 15.8. The quantitative estimate of drug-likeness (QED) is 0.763. The first kappa shape index (κ1) is 16.7. The standard InChI is InChI=1S/C17H23BrN2S/c1-6-19-9-14-16(10(2)3)20-17(21-14)13-7-11(4)15(18)12(5)8-13/h7-8,10,19H,6,9H2,1-5H3. The van der Waals surface area contributed by atoms with Gasteiger partial charge in [0.05, 0.1) is 5.69 Å². The Kier molecular flexibility index (Phi) is 5.58. The van der Waals surface area contributed by atoms with Crippen LogP contribution >= 0.6 is 27.3 Å². The van der Waals surface area contributed by atoms with E-state index in [-0.39, 0.29) is 0 Å². The Morgan fingerprint density at radius 2 is 1.86 bits per heavy atom. The highest BCUT2D eigenvalue weighted by atomic mass is 79.9. The van der Waals surface area contributed by atoms with Crippen LogP contribution in [0, 0.1) is 13.8 Å². The van der Waals surface area contributed by atoms with Crippen LogP contribution in [0.2, 0.25) is 0 Å². The number of nitrogens with zero attached hydrogens (tertiary/aromatic N) is 1. The van der Waals surface area contributed by atoms with Crippen molar-refractivity contribution in [2.24, 2.45) is 0 Å². The van der Waals surface area contributed by atoms with Gasteiger partial charge in [0, 0.05) is 21.5 Å². The lowest BCUT2D eigenvalue weighted by Gasteiger charge is -2.06. The van der Waals surface area contributed by atoms with Crippen LogP contribution in [0.4, 0.5) is 0 Å². The number of halogens is 1.